The molecule has 0 aromatic carbocycles. The Kier molecular flexibility index (Phi) is 5.67. The van der Waals surface area contributed by atoms with Crippen molar-refractivity contribution in [3.63, 3.8) is 0 Å². The molecule has 0 spiro atoms. The van der Waals surface area contributed by atoms with Crippen LogP contribution in [-0.2, 0) is 0 Å². The summed E-state index contributed by atoms with van der Waals surface area (Å²) in [5, 5.41) is 3.31. The summed E-state index contributed by atoms with van der Waals surface area (Å²) in [6, 6.07) is 0. The molecule has 2 nitrogen and oxygen atoms in total. The SMILES string of the molecule is CCCS/C=N\N. The third-order valence-corrected chi connectivity index (χ3v) is 1.37. The molecule has 3 heteroatoms. The third kappa shape index (κ3) is 5.82. The van der Waals surface area contributed by atoms with E-state index in [9.17, 15) is 0 Å². The highest BCUT2D eigenvalue weighted by Gasteiger charge is 1.74. The first-order valence-electron chi connectivity index (χ1n) is 2.25. The summed E-state index contributed by atoms with van der Waals surface area (Å²) in [5.41, 5.74) is 1.66. The number of hydrogen-bond donors (Lipinski definition) is 1. The first-order chi connectivity index (χ1) is 3.41. The van der Waals surface area contributed by atoms with Gasteiger partial charge < -0.3 is 5.84 Å². The number of thioether (sulfide) groups is 1. The number of nitrogens with two attached hydrogens (primary N) is 1. The van der Waals surface area contributed by atoms with Gasteiger partial charge in [-0.05, 0) is 12.2 Å². The van der Waals surface area contributed by atoms with Crippen LogP contribution in [0.4, 0.5) is 0 Å². The molecule has 0 fully saturated rings. The van der Waals surface area contributed by atoms with E-state index in [4.69, 9.17) is 5.84 Å². The average molecular weight is 118 g/mol. The second kappa shape index (κ2) is 5.82. The zero-order valence-electron chi connectivity index (χ0n) is 4.42. The van der Waals surface area contributed by atoms with Gasteiger partial charge in [0.05, 0.1) is 5.55 Å². The van der Waals surface area contributed by atoms with Gasteiger partial charge in [-0.15, -0.1) is 11.8 Å². The van der Waals surface area contributed by atoms with Crippen molar-refractivity contribution >= 4 is 17.3 Å². The van der Waals surface area contributed by atoms with E-state index in [0.717, 1.165) is 5.75 Å². The Morgan fingerprint density at radius 1 is 1.86 bits per heavy atom. The standard InChI is InChI=1S/C4H10N2S/c1-2-3-7-4-6-5/h4H,2-3,5H2,1H3/b6-4-. The Morgan fingerprint density at radius 3 is 3.00 bits per heavy atom. The minimum absolute atomic E-state index is 1.11. The molecule has 0 bridgehead atoms. The molecule has 0 aliphatic rings. The van der Waals surface area contributed by atoms with Gasteiger partial charge in [0.15, 0.2) is 0 Å². The van der Waals surface area contributed by atoms with Gasteiger partial charge in [0, 0.05) is 0 Å². The molecule has 0 amide bonds. The predicted octanol–water partition coefficient (Wildman–Crippen LogP) is 1.03. The van der Waals surface area contributed by atoms with Gasteiger partial charge in [-0.3, -0.25) is 0 Å². The molecular formula is C4H10N2S. The van der Waals surface area contributed by atoms with Crippen LogP contribution >= 0.6 is 11.8 Å². The Bertz CT molecular complexity index is 53.7. The van der Waals surface area contributed by atoms with Crippen molar-refractivity contribution in [3.05, 3.63) is 0 Å². The molecule has 0 aliphatic heterocycles. The summed E-state index contributed by atoms with van der Waals surface area (Å²) in [6.07, 6.45) is 1.18. The van der Waals surface area contributed by atoms with Crippen molar-refractivity contribution in [1.29, 1.82) is 0 Å². The van der Waals surface area contributed by atoms with Gasteiger partial charge in [-0.2, -0.15) is 5.10 Å². The molecule has 0 radical (unpaired) electrons. The lowest BCUT2D eigenvalue weighted by Gasteiger charge is -1.83. The van der Waals surface area contributed by atoms with Gasteiger partial charge in [-0.25, -0.2) is 0 Å². The fourth-order valence-corrected chi connectivity index (χ4v) is 0.641. The molecule has 0 unspecified atom stereocenters. The van der Waals surface area contributed by atoms with Crippen LogP contribution in [0.3, 0.4) is 0 Å². The zero-order chi connectivity index (χ0) is 5.54. The highest BCUT2D eigenvalue weighted by Crippen LogP contribution is 1.94. The van der Waals surface area contributed by atoms with E-state index in [0.29, 0.717) is 0 Å². The summed E-state index contributed by atoms with van der Waals surface area (Å²) in [6.45, 7) is 2.12. The van der Waals surface area contributed by atoms with Crippen LogP contribution in [0.1, 0.15) is 13.3 Å². The van der Waals surface area contributed by atoms with Gasteiger partial charge in [0.1, 0.15) is 0 Å². The lowest BCUT2D eigenvalue weighted by molar-refractivity contribution is 1.11. The third-order valence-electron chi connectivity index (χ3n) is 0.457. The molecule has 2 N–H and O–H groups in total. The van der Waals surface area contributed by atoms with Crippen LogP contribution in [0.15, 0.2) is 5.10 Å². The molecule has 0 heterocycles. The Balaban J connectivity index is 2.69. The van der Waals surface area contributed by atoms with Gasteiger partial charge in [0.2, 0.25) is 0 Å². The molecular weight excluding hydrogens is 108 g/mol. The van der Waals surface area contributed by atoms with Gasteiger partial charge in [0.25, 0.3) is 0 Å². The number of hydrogen-bond acceptors (Lipinski definition) is 3. The fraction of sp³-hybridized carbons (Fsp3) is 0.750. The lowest BCUT2D eigenvalue weighted by Crippen LogP contribution is -1.79. The van der Waals surface area contributed by atoms with Crippen LogP contribution < -0.4 is 5.84 Å². The van der Waals surface area contributed by atoms with E-state index >= 15 is 0 Å². The molecule has 0 saturated carbocycles. The second-order valence-electron chi connectivity index (χ2n) is 1.13. The van der Waals surface area contributed by atoms with Crippen molar-refractivity contribution in [2.75, 3.05) is 5.75 Å². The first-order valence-corrected chi connectivity index (χ1v) is 3.30. The molecule has 0 saturated heterocycles. The number of hydrazone groups is 1. The molecule has 0 rings (SSSR count). The van der Waals surface area contributed by atoms with Gasteiger partial charge in [-0.1, -0.05) is 6.92 Å². The van der Waals surface area contributed by atoms with E-state index in [1.54, 1.807) is 17.3 Å². The minimum atomic E-state index is 1.11. The van der Waals surface area contributed by atoms with Crippen LogP contribution in [0.2, 0.25) is 0 Å². The monoisotopic (exact) mass is 118 g/mol. The Hall–Kier alpha value is -0.180. The largest absolute Gasteiger partial charge is 0.323 e. The summed E-state index contributed by atoms with van der Waals surface area (Å²) < 4.78 is 0. The maximum atomic E-state index is 4.82. The van der Waals surface area contributed by atoms with Crippen molar-refractivity contribution in [1.82, 2.24) is 0 Å². The number of nitrogens with zero attached hydrogens (tertiary/aromatic N) is 1. The van der Waals surface area contributed by atoms with Gasteiger partial charge >= 0.3 is 0 Å². The maximum absolute atomic E-state index is 4.82. The van der Waals surface area contributed by atoms with Crippen LogP contribution in [0.25, 0.3) is 0 Å². The first kappa shape index (κ1) is 6.82. The van der Waals surface area contributed by atoms with E-state index in [2.05, 4.69) is 12.0 Å². The summed E-state index contributed by atoms with van der Waals surface area (Å²) in [7, 11) is 0. The fourth-order valence-electron chi connectivity index (χ4n) is 0.214. The highest BCUT2D eigenvalue weighted by molar-refractivity contribution is 8.12. The second-order valence-corrected chi connectivity index (χ2v) is 2.08. The summed E-state index contributed by atoms with van der Waals surface area (Å²) in [5.74, 6) is 5.93. The highest BCUT2D eigenvalue weighted by atomic mass is 32.2. The minimum Gasteiger partial charge on any atom is -0.323 e. The predicted molar refractivity (Wildman–Crippen MR) is 35.4 cm³/mol. The van der Waals surface area contributed by atoms with E-state index < -0.39 is 0 Å². The van der Waals surface area contributed by atoms with Crippen molar-refractivity contribution < 1.29 is 0 Å². The van der Waals surface area contributed by atoms with E-state index in [1.807, 2.05) is 0 Å². The van der Waals surface area contributed by atoms with Crippen molar-refractivity contribution in [2.24, 2.45) is 10.9 Å². The topological polar surface area (TPSA) is 38.4 Å². The van der Waals surface area contributed by atoms with Crippen LogP contribution in [0, 0.1) is 0 Å². The Morgan fingerprint density at radius 2 is 2.57 bits per heavy atom. The molecule has 0 aromatic rings. The van der Waals surface area contributed by atoms with E-state index in [1.165, 1.54) is 6.42 Å². The molecule has 0 aliphatic carbocycles. The summed E-state index contributed by atoms with van der Waals surface area (Å²) >= 11 is 1.64. The van der Waals surface area contributed by atoms with Crippen molar-refractivity contribution in [2.45, 2.75) is 13.3 Å². The normalized spacial score (nSPS) is 10.4. The van der Waals surface area contributed by atoms with Crippen LogP contribution in [-0.4, -0.2) is 11.3 Å². The Labute approximate surface area is 48.2 Å². The van der Waals surface area contributed by atoms with Crippen molar-refractivity contribution in [3.8, 4) is 0 Å². The smallest absolute Gasteiger partial charge is 0.0794 e. The molecule has 0 atom stereocenters. The summed E-state index contributed by atoms with van der Waals surface area (Å²) in [4.78, 5) is 0. The average Bonchev–Trinajstić information content (AvgIpc) is 1.69. The van der Waals surface area contributed by atoms with E-state index in [-0.39, 0.29) is 0 Å². The molecule has 42 valence electrons. The maximum Gasteiger partial charge on any atom is 0.0794 e. The van der Waals surface area contributed by atoms with Crippen LogP contribution in [0.5, 0.6) is 0 Å². The lowest BCUT2D eigenvalue weighted by atomic mass is 10.6. The number of rotatable bonds is 3. The molecule has 7 heavy (non-hydrogen) atoms. The quantitative estimate of drug-likeness (QED) is 0.198. The zero-order valence-corrected chi connectivity index (χ0v) is 5.24. The molecule has 0 aromatic heterocycles.